The Labute approximate surface area is 418 Å². The zero-order valence-corrected chi connectivity index (χ0v) is 41.5. The van der Waals surface area contributed by atoms with E-state index in [0.717, 1.165) is 55.4 Å². The summed E-state index contributed by atoms with van der Waals surface area (Å²) in [5.74, 6) is -7.27. The van der Waals surface area contributed by atoms with E-state index in [4.69, 9.17) is 66.3 Å². The Balaban J connectivity index is 1.49. The fourth-order valence-electron chi connectivity index (χ4n) is 7.26. The van der Waals surface area contributed by atoms with Gasteiger partial charge in [-0.2, -0.15) is 0 Å². The second-order valence-corrected chi connectivity index (χ2v) is 16.0. The van der Waals surface area contributed by atoms with Crippen molar-refractivity contribution in [1.82, 2.24) is 0 Å². The summed E-state index contributed by atoms with van der Waals surface area (Å²) in [6.07, 6.45) is -9.82. The number of ketones is 2. The number of allylic oxidation sites excluding steroid dienone is 2. The summed E-state index contributed by atoms with van der Waals surface area (Å²) in [6.45, 7) is 7.82. The van der Waals surface area contributed by atoms with Crippen molar-refractivity contribution in [3.05, 3.63) is 59.7 Å². The van der Waals surface area contributed by atoms with Crippen LogP contribution in [0.2, 0.25) is 0 Å². The first-order valence-corrected chi connectivity index (χ1v) is 22.2. The van der Waals surface area contributed by atoms with Crippen molar-refractivity contribution in [2.24, 2.45) is 0 Å². The zero-order valence-electron chi connectivity index (χ0n) is 41.5. The topological polar surface area (TPSA) is 300 Å². The van der Waals surface area contributed by atoms with Crippen LogP contribution in [0.25, 0.3) is 12.2 Å². The summed E-state index contributed by atoms with van der Waals surface area (Å²) in [5.41, 5.74) is 0.834. The molecule has 0 unspecified atom stereocenters. The average molecular weight is 1030 g/mol. The number of esters is 8. The van der Waals surface area contributed by atoms with Crippen LogP contribution >= 0.6 is 0 Å². The summed E-state index contributed by atoms with van der Waals surface area (Å²) in [5, 5.41) is 0. The van der Waals surface area contributed by atoms with Crippen molar-refractivity contribution in [3.8, 4) is 23.0 Å². The SMILES string of the molecule is COc1cc(/C=C/C(=O)CC(=O)/C=C/c2ccc(O[C@H]3O[C@H](COC(C)=O)[C@@H](OC(C)=O)[C@H](OC(C)=O)[C@H]3OC(C)=O)c(OC)c2)ccc1O[C@H]1O[C@H](COC(C)=O)[C@@H](OC(C)=O)[C@H](OC(C)=O)[C@H]1OC(C)=O. The fraction of sp³-hybridized carbons (Fsp3) is 0.469. The third-order valence-electron chi connectivity index (χ3n) is 10.0. The maximum Gasteiger partial charge on any atom is 0.303 e. The van der Waals surface area contributed by atoms with Gasteiger partial charge in [0, 0.05) is 55.4 Å². The minimum Gasteiger partial charge on any atom is -0.493 e. The first-order chi connectivity index (χ1) is 34.5. The standard InChI is InChI=1S/C49H56O24/c1-24(50)62-22-40-42(64-26(3)52)44(66-28(5)54)46(68-30(7)56)48(72-40)70-36-17-13-32(19-38(36)60-9)11-15-34(58)21-35(59)16-12-33-14-18-37(39(20-33)61-10)71-49-47(69-31(8)57)45(67-29(6)55)43(65-27(4)53)41(73-49)23-63-25(2)51/h11-20,40-49H,21-23H2,1-10H3/b15-11+,16-12+/t40-,41-,42-,43-,44+,45+,46-,47-,48+,49+/m1/s1. The van der Waals surface area contributed by atoms with Crippen LogP contribution in [0.5, 0.6) is 23.0 Å². The largest absolute Gasteiger partial charge is 0.493 e. The van der Waals surface area contributed by atoms with E-state index in [2.05, 4.69) is 0 Å². The molecular weight excluding hydrogens is 973 g/mol. The zero-order chi connectivity index (χ0) is 54.1. The van der Waals surface area contributed by atoms with Gasteiger partial charge in [-0.15, -0.1) is 0 Å². The van der Waals surface area contributed by atoms with E-state index in [0.29, 0.717) is 11.1 Å². The molecule has 2 heterocycles. The van der Waals surface area contributed by atoms with Crippen LogP contribution < -0.4 is 18.9 Å². The lowest BCUT2D eigenvalue weighted by Crippen LogP contribution is -2.63. The van der Waals surface area contributed by atoms with E-state index in [-0.39, 0.29) is 23.0 Å². The second kappa shape index (κ2) is 27.1. The molecule has 2 aliphatic rings. The number of carbonyl (C=O) groups excluding carboxylic acids is 10. The highest BCUT2D eigenvalue weighted by atomic mass is 16.8. The predicted octanol–water partition coefficient (Wildman–Crippen LogP) is 2.88. The van der Waals surface area contributed by atoms with Gasteiger partial charge < -0.3 is 66.3 Å². The number of rotatable bonds is 22. The van der Waals surface area contributed by atoms with Crippen LogP contribution in [0, 0.1) is 0 Å². The summed E-state index contributed by atoms with van der Waals surface area (Å²) in [7, 11) is 2.63. The molecule has 0 amide bonds. The van der Waals surface area contributed by atoms with Crippen LogP contribution in [-0.2, 0) is 95.3 Å². The van der Waals surface area contributed by atoms with Gasteiger partial charge in [0.05, 0.1) is 20.6 Å². The highest BCUT2D eigenvalue weighted by Crippen LogP contribution is 2.37. The molecule has 73 heavy (non-hydrogen) atoms. The highest BCUT2D eigenvalue weighted by Gasteiger charge is 2.55. The minimum atomic E-state index is -1.55. The molecule has 4 rings (SSSR count). The molecule has 0 aromatic heterocycles. The maximum absolute atomic E-state index is 12.9. The normalized spacial score (nSPS) is 23.4. The van der Waals surface area contributed by atoms with E-state index in [1.165, 1.54) is 74.9 Å². The number of methoxy groups -OCH3 is 2. The summed E-state index contributed by atoms with van der Waals surface area (Å²) in [4.78, 5) is 122. The molecule has 396 valence electrons. The van der Waals surface area contributed by atoms with Crippen LogP contribution in [0.15, 0.2) is 48.6 Å². The van der Waals surface area contributed by atoms with Crippen molar-refractivity contribution < 1.29 is 114 Å². The first-order valence-electron chi connectivity index (χ1n) is 22.2. The smallest absolute Gasteiger partial charge is 0.303 e. The van der Waals surface area contributed by atoms with Crippen LogP contribution in [0.3, 0.4) is 0 Å². The monoisotopic (exact) mass is 1030 g/mol. The molecule has 2 aliphatic heterocycles. The Kier molecular flexibility index (Phi) is 21.4. The van der Waals surface area contributed by atoms with Crippen LogP contribution in [0.4, 0.5) is 0 Å². The summed E-state index contributed by atoms with van der Waals surface area (Å²) in [6, 6.07) is 8.85. The van der Waals surface area contributed by atoms with Crippen LogP contribution in [-0.4, -0.2) is 148 Å². The van der Waals surface area contributed by atoms with Gasteiger partial charge in [-0.25, -0.2) is 0 Å². The van der Waals surface area contributed by atoms with Crippen LogP contribution in [0.1, 0.15) is 72.9 Å². The summed E-state index contributed by atoms with van der Waals surface area (Å²) < 4.78 is 78.0. The van der Waals surface area contributed by atoms with Gasteiger partial charge in [-0.05, 0) is 47.5 Å². The Morgan fingerprint density at radius 3 is 1.04 bits per heavy atom. The quantitative estimate of drug-likeness (QED) is 0.0708. The second-order valence-electron chi connectivity index (χ2n) is 16.0. The molecule has 2 aromatic carbocycles. The molecule has 10 atom stereocenters. The lowest BCUT2D eigenvalue weighted by Gasteiger charge is -2.44. The summed E-state index contributed by atoms with van der Waals surface area (Å²) >= 11 is 0. The average Bonchev–Trinajstić information content (AvgIpc) is 3.29. The number of hydrogen-bond donors (Lipinski definition) is 0. The molecular formula is C49H56O24. The Hall–Kier alpha value is -7.86. The number of hydrogen-bond acceptors (Lipinski definition) is 24. The van der Waals surface area contributed by atoms with Crippen molar-refractivity contribution in [2.45, 2.75) is 123 Å². The molecule has 0 radical (unpaired) electrons. The van der Waals surface area contributed by atoms with Gasteiger partial charge in [0.15, 0.2) is 59.0 Å². The van der Waals surface area contributed by atoms with E-state index in [1.54, 1.807) is 0 Å². The first kappa shape index (κ1) is 57.7. The van der Waals surface area contributed by atoms with Crippen molar-refractivity contribution in [1.29, 1.82) is 0 Å². The van der Waals surface area contributed by atoms with Gasteiger partial charge in [-0.3, -0.25) is 47.9 Å². The van der Waals surface area contributed by atoms with Crippen molar-refractivity contribution in [3.63, 3.8) is 0 Å². The van der Waals surface area contributed by atoms with Gasteiger partial charge in [0.25, 0.3) is 0 Å². The number of benzene rings is 2. The molecule has 0 N–H and O–H groups in total. The van der Waals surface area contributed by atoms with Crippen molar-refractivity contribution >= 4 is 71.5 Å². The van der Waals surface area contributed by atoms with Gasteiger partial charge in [0.1, 0.15) is 25.4 Å². The maximum atomic E-state index is 12.9. The van der Waals surface area contributed by atoms with Gasteiger partial charge >= 0.3 is 47.8 Å². The molecule has 0 saturated carbocycles. The molecule has 24 heteroatoms. The van der Waals surface area contributed by atoms with Crippen molar-refractivity contribution in [2.75, 3.05) is 27.4 Å². The Morgan fingerprint density at radius 1 is 0.425 bits per heavy atom. The Bertz CT molecular complexity index is 2270. The van der Waals surface area contributed by atoms with Gasteiger partial charge in [0.2, 0.25) is 24.8 Å². The number of carbonyl (C=O) groups is 10. The molecule has 0 aliphatic carbocycles. The van der Waals surface area contributed by atoms with E-state index in [1.807, 2.05) is 0 Å². The predicted molar refractivity (Wildman–Crippen MR) is 244 cm³/mol. The molecule has 2 fully saturated rings. The van der Waals surface area contributed by atoms with E-state index < -0.39 is 140 Å². The number of ether oxygens (including phenoxy) is 14. The molecule has 2 aromatic rings. The minimum absolute atomic E-state index is 0.0177. The van der Waals surface area contributed by atoms with E-state index >= 15 is 0 Å². The highest BCUT2D eigenvalue weighted by molar-refractivity contribution is 6.11. The molecule has 24 nitrogen and oxygen atoms in total. The Morgan fingerprint density at radius 2 is 0.740 bits per heavy atom. The molecule has 0 bridgehead atoms. The third-order valence-corrected chi connectivity index (χ3v) is 10.0. The fourth-order valence-corrected chi connectivity index (χ4v) is 7.26. The molecule has 2 saturated heterocycles. The lowest BCUT2D eigenvalue weighted by atomic mass is 9.98. The third kappa shape index (κ3) is 17.7. The van der Waals surface area contributed by atoms with E-state index in [9.17, 15) is 47.9 Å². The van der Waals surface area contributed by atoms with Gasteiger partial charge in [-0.1, -0.05) is 24.3 Å². The molecule has 0 spiro atoms. The lowest BCUT2D eigenvalue weighted by molar-refractivity contribution is -0.288.